The molecule has 6 nitrogen and oxygen atoms in total. The van der Waals surface area contributed by atoms with E-state index in [1.807, 2.05) is 0 Å². The largest absolute Gasteiger partial charge is 0.478 e. The van der Waals surface area contributed by atoms with Crippen LogP contribution in [0.1, 0.15) is 26.3 Å². The Bertz CT molecular complexity index is 907. The van der Waals surface area contributed by atoms with Crippen molar-refractivity contribution in [2.24, 2.45) is 0 Å². The molecule has 2 aromatic rings. The van der Waals surface area contributed by atoms with Gasteiger partial charge in [0.2, 0.25) is 5.91 Å². The van der Waals surface area contributed by atoms with Crippen molar-refractivity contribution in [2.75, 3.05) is 26.2 Å². The molecule has 0 unspecified atom stereocenters. The fourth-order valence-electron chi connectivity index (χ4n) is 3.04. The molecule has 0 bridgehead atoms. The summed E-state index contributed by atoms with van der Waals surface area (Å²) < 4.78 is 26.8. The van der Waals surface area contributed by atoms with Crippen molar-refractivity contribution < 1.29 is 28.3 Å². The molecule has 1 heterocycles. The molecule has 146 valence electrons. The van der Waals surface area contributed by atoms with Crippen molar-refractivity contribution in [1.82, 2.24) is 9.80 Å². The first-order chi connectivity index (χ1) is 13.3. The first kappa shape index (κ1) is 19.5. The van der Waals surface area contributed by atoms with Gasteiger partial charge in [-0.25, -0.2) is 13.6 Å². The highest BCUT2D eigenvalue weighted by Gasteiger charge is 2.26. The van der Waals surface area contributed by atoms with E-state index < -0.39 is 23.5 Å². The molecule has 1 fully saturated rings. The van der Waals surface area contributed by atoms with Gasteiger partial charge in [-0.05, 0) is 29.8 Å². The summed E-state index contributed by atoms with van der Waals surface area (Å²) in [5, 5.41) is 8.89. The first-order valence-electron chi connectivity index (χ1n) is 8.69. The summed E-state index contributed by atoms with van der Waals surface area (Å²) in [6, 6.07) is 8.90. The van der Waals surface area contributed by atoms with Gasteiger partial charge in [-0.2, -0.15) is 0 Å². The molecule has 2 aromatic carbocycles. The minimum atomic E-state index is -1.03. The molecule has 1 aliphatic heterocycles. The number of hydrogen-bond donors (Lipinski definition) is 1. The zero-order chi connectivity index (χ0) is 20.3. The zero-order valence-electron chi connectivity index (χ0n) is 14.9. The minimum Gasteiger partial charge on any atom is -0.478 e. The highest BCUT2D eigenvalue weighted by molar-refractivity contribution is 5.94. The molecule has 3 rings (SSSR count). The van der Waals surface area contributed by atoms with Crippen LogP contribution >= 0.6 is 0 Å². The number of rotatable bonds is 4. The van der Waals surface area contributed by atoms with Gasteiger partial charge in [-0.15, -0.1) is 0 Å². The van der Waals surface area contributed by atoms with Gasteiger partial charge in [0.1, 0.15) is 11.6 Å². The van der Waals surface area contributed by atoms with Crippen LogP contribution in [0.15, 0.2) is 42.5 Å². The molecular formula is C20H18F2N2O4. The van der Waals surface area contributed by atoms with Crippen molar-refractivity contribution in [2.45, 2.75) is 6.42 Å². The molecule has 1 N–H and O–H groups in total. The highest BCUT2D eigenvalue weighted by atomic mass is 19.1. The molecular weight excluding hydrogens is 370 g/mol. The number of nitrogens with zero attached hydrogens (tertiary/aromatic N) is 2. The number of halogens is 2. The Hall–Kier alpha value is -3.29. The number of benzene rings is 2. The van der Waals surface area contributed by atoms with Crippen LogP contribution in [0.3, 0.4) is 0 Å². The van der Waals surface area contributed by atoms with Crippen LogP contribution in [-0.4, -0.2) is 58.9 Å². The number of amides is 2. The number of carboxylic acids is 1. The van der Waals surface area contributed by atoms with Crippen LogP contribution in [0.4, 0.5) is 8.78 Å². The van der Waals surface area contributed by atoms with Crippen LogP contribution in [0.2, 0.25) is 0 Å². The molecule has 28 heavy (non-hydrogen) atoms. The third-order valence-electron chi connectivity index (χ3n) is 4.64. The lowest BCUT2D eigenvalue weighted by Crippen LogP contribution is -2.51. The van der Waals surface area contributed by atoms with Crippen molar-refractivity contribution in [3.63, 3.8) is 0 Å². The van der Waals surface area contributed by atoms with Gasteiger partial charge in [0.15, 0.2) is 0 Å². The molecule has 2 amide bonds. The van der Waals surface area contributed by atoms with E-state index in [1.54, 1.807) is 17.0 Å². The molecule has 1 saturated heterocycles. The topological polar surface area (TPSA) is 77.9 Å². The quantitative estimate of drug-likeness (QED) is 0.871. The van der Waals surface area contributed by atoms with E-state index in [-0.39, 0.29) is 36.5 Å². The molecule has 8 heteroatoms. The Morgan fingerprint density at radius 1 is 0.893 bits per heavy atom. The Balaban J connectivity index is 1.56. The lowest BCUT2D eigenvalue weighted by Gasteiger charge is -2.35. The Morgan fingerprint density at radius 3 is 2.07 bits per heavy atom. The average molecular weight is 388 g/mol. The summed E-state index contributed by atoms with van der Waals surface area (Å²) in [7, 11) is 0. The van der Waals surface area contributed by atoms with Crippen molar-refractivity contribution in [1.29, 1.82) is 0 Å². The fourth-order valence-corrected chi connectivity index (χ4v) is 3.04. The van der Waals surface area contributed by atoms with E-state index in [4.69, 9.17) is 5.11 Å². The van der Waals surface area contributed by atoms with E-state index in [0.717, 1.165) is 12.1 Å². The molecule has 0 saturated carbocycles. The SMILES string of the molecule is O=C(O)c1ccc(CC(=O)N2CCN(C(=O)c3ccc(F)cc3F)CC2)cc1. The van der Waals surface area contributed by atoms with Crippen LogP contribution in [0.25, 0.3) is 0 Å². The lowest BCUT2D eigenvalue weighted by atomic mass is 10.1. The number of carbonyl (C=O) groups is 3. The van der Waals surface area contributed by atoms with E-state index in [2.05, 4.69) is 0 Å². The van der Waals surface area contributed by atoms with E-state index in [0.29, 0.717) is 24.7 Å². The molecule has 1 aliphatic rings. The summed E-state index contributed by atoms with van der Waals surface area (Å²) >= 11 is 0. The van der Waals surface area contributed by atoms with Crippen LogP contribution in [0.5, 0.6) is 0 Å². The Kier molecular flexibility index (Phi) is 5.67. The third-order valence-corrected chi connectivity index (χ3v) is 4.64. The summed E-state index contributed by atoms with van der Waals surface area (Å²) in [5.41, 5.74) is 0.651. The van der Waals surface area contributed by atoms with Crippen molar-refractivity contribution >= 4 is 17.8 Å². The first-order valence-corrected chi connectivity index (χ1v) is 8.69. The van der Waals surface area contributed by atoms with E-state index >= 15 is 0 Å². The second-order valence-corrected chi connectivity index (χ2v) is 6.48. The van der Waals surface area contributed by atoms with E-state index in [9.17, 15) is 23.2 Å². The molecule has 0 radical (unpaired) electrons. The Morgan fingerprint density at radius 2 is 1.50 bits per heavy atom. The summed E-state index contributed by atoms with van der Waals surface area (Å²) in [5.74, 6) is -3.36. The lowest BCUT2D eigenvalue weighted by molar-refractivity contribution is -0.131. The average Bonchev–Trinajstić information content (AvgIpc) is 2.68. The number of piperazine rings is 1. The fraction of sp³-hybridized carbons (Fsp3) is 0.250. The van der Waals surface area contributed by atoms with Gasteiger partial charge in [-0.3, -0.25) is 9.59 Å². The highest BCUT2D eigenvalue weighted by Crippen LogP contribution is 2.15. The maximum absolute atomic E-state index is 13.8. The van der Waals surface area contributed by atoms with Crippen LogP contribution in [0, 0.1) is 11.6 Å². The maximum Gasteiger partial charge on any atom is 0.335 e. The summed E-state index contributed by atoms with van der Waals surface area (Å²) in [4.78, 5) is 38.7. The Labute approximate surface area is 160 Å². The summed E-state index contributed by atoms with van der Waals surface area (Å²) in [6.07, 6.45) is 0.125. The molecule has 0 aromatic heterocycles. The number of hydrogen-bond acceptors (Lipinski definition) is 3. The van der Waals surface area contributed by atoms with Gasteiger partial charge in [0.05, 0.1) is 17.5 Å². The zero-order valence-corrected chi connectivity index (χ0v) is 14.9. The smallest absolute Gasteiger partial charge is 0.335 e. The maximum atomic E-state index is 13.8. The predicted molar refractivity (Wildman–Crippen MR) is 95.9 cm³/mol. The second-order valence-electron chi connectivity index (χ2n) is 6.48. The van der Waals surface area contributed by atoms with Crippen molar-refractivity contribution in [3.8, 4) is 0 Å². The van der Waals surface area contributed by atoms with Gasteiger partial charge < -0.3 is 14.9 Å². The van der Waals surface area contributed by atoms with Crippen molar-refractivity contribution in [3.05, 3.63) is 70.8 Å². The number of aromatic carboxylic acids is 1. The van der Waals surface area contributed by atoms with Gasteiger partial charge >= 0.3 is 5.97 Å². The van der Waals surface area contributed by atoms with Crippen LogP contribution in [-0.2, 0) is 11.2 Å². The second kappa shape index (κ2) is 8.16. The normalized spacial score (nSPS) is 14.1. The van der Waals surface area contributed by atoms with Gasteiger partial charge in [0, 0.05) is 32.2 Å². The van der Waals surface area contributed by atoms with Crippen LogP contribution < -0.4 is 0 Å². The predicted octanol–water partition coefficient (Wildman–Crippen LogP) is 2.19. The molecule has 0 spiro atoms. The number of carboxylic acid groups (broad SMARTS) is 1. The molecule has 0 aliphatic carbocycles. The van der Waals surface area contributed by atoms with Gasteiger partial charge in [-0.1, -0.05) is 12.1 Å². The van der Waals surface area contributed by atoms with Gasteiger partial charge in [0.25, 0.3) is 5.91 Å². The van der Waals surface area contributed by atoms with E-state index in [1.165, 1.54) is 17.0 Å². The number of carbonyl (C=O) groups excluding carboxylic acids is 2. The third kappa shape index (κ3) is 4.33. The molecule has 0 atom stereocenters. The standard InChI is InChI=1S/C20H18F2N2O4/c21-15-5-6-16(17(22)12-15)19(26)24-9-7-23(8-10-24)18(25)11-13-1-3-14(4-2-13)20(27)28/h1-6,12H,7-11H2,(H,27,28). The monoisotopic (exact) mass is 388 g/mol. The minimum absolute atomic E-state index is 0.125. The summed E-state index contributed by atoms with van der Waals surface area (Å²) in [6.45, 7) is 1.11.